The molecule has 0 aliphatic carbocycles. The molecule has 0 spiro atoms. The first kappa shape index (κ1) is 22.3. The maximum Gasteiger partial charge on any atom is 0.190 e. The van der Waals surface area contributed by atoms with E-state index in [-0.39, 0.29) is 0 Å². The van der Waals surface area contributed by atoms with Crippen molar-refractivity contribution in [1.82, 2.24) is 9.13 Å². The van der Waals surface area contributed by atoms with Crippen LogP contribution in [0.3, 0.4) is 0 Å². The van der Waals surface area contributed by atoms with E-state index in [0.717, 1.165) is 34.1 Å². The predicted molar refractivity (Wildman–Crippen MR) is 144 cm³/mol. The normalized spacial score (nSPS) is 12.4. The molecule has 0 N–H and O–H groups in total. The molecule has 0 atom stereocenters. The van der Waals surface area contributed by atoms with E-state index in [2.05, 4.69) is 82.3 Å². The van der Waals surface area contributed by atoms with Crippen molar-refractivity contribution in [3.8, 4) is 22.5 Å². The lowest BCUT2D eigenvalue weighted by Crippen LogP contribution is -2.14. The SMILES string of the molecule is CCn1c(-c2ccccc2)csc1=Nc1ccc(N=c2scc(-c3ccccc3)n2CC)cc1. The summed E-state index contributed by atoms with van der Waals surface area (Å²) in [5.74, 6) is 0. The standard InChI is InChI=1S/C28H26N4S2/c1-3-31-25(21-11-7-5-8-12-21)19-33-27(31)29-23-15-17-24(18-16-23)30-28-32(4-2)26(20-34-28)22-13-9-6-10-14-22/h5-20H,3-4H2,1-2H3. The molecule has 0 amide bonds. The van der Waals surface area contributed by atoms with Crippen molar-refractivity contribution >= 4 is 34.0 Å². The summed E-state index contributed by atoms with van der Waals surface area (Å²) in [6, 6.07) is 29.1. The van der Waals surface area contributed by atoms with Crippen LogP contribution in [0.15, 0.2) is 106 Å². The van der Waals surface area contributed by atoms with Crippen molar-refractivity contribution in [1.29, 1.82) is 0 Å². The van der Waals surface area contributed by atoms with Gasteiger partial charge in [0, 0.05) is 23.8 Å². The van der Waals surface area contributed by atoms with Crippen LogP contribution in [0.4, 0.5) is 11.4 Å². The maximum absolute atomic E-state index is 4.92. The van der Waals surface area contributed by atoms with Crippen molar-refractivity contribution in [2.75, 3.05) is 0 Å². The van der Waals surface area contributed by atoms with Crippen molar-refractivity contribution in [2.45, 2.75) is 26.9 Å². The maximum atomic E-state index is 4.92. The molecule has 0 saturated carbocycles. The van der Waals surface area contributed by atoms with Crippen LogP contribution in [0.2, 0.25) is 0 Å². The fraction of sp³-hybridized carbons (Fsp3) is 0.143. The second-order valence-corrected chi connectivity index (χ2v) is 9.44. The van der Waals surface area contributed by atoms with E-state index < -0.39 is 0 Å². The zero-order chi connectivity index (χ0) is 23.3. The molecular weight excluding hydrogens is 456 g/mol. The van der Waals surface area contributed by atoms with Crippen LogP contribution in [-0.4, -0.2) is 9.13 Å². The second-order valence-electron chi connectivity index (χ2n) is 7.77. The van der Waals surface area contributed by atoms with Gasteiger partial charge in [0.05, 0.1) is 22.8 Å². The summed E-state index contributed by atoms with van der Waals surface area (Å²) in [4.78, 5) is 11.8. The average molecular weight is 483 g/mol. The summed E-state index contributed by atoms with van der Waals surface area (Å²) < 4.78 is 4.53. The van der Waals surface area contributed by atoms with Crippen molar-refractivity contribution < 1.29 is 0 Å². The molecule has 0 unspecified atom stereocenters. The van der Waals surface area contributed by atoms with Crippen molar-refractivity contribution in [3.05, 3.63) is 105 Å². The minimum Gasteiger partial charge on any atom is -0.317 e. The van der Waals surface area contributed by atoms with Gasteiger partial charge < -0.3 is 9.13 Å². The summed E-state index contributed by atoms with van der Waals surface area (Å²) >= 11 is 3.35. The van der Waals surface area contributed by atoms with E-state index in [4.69, 9.17) is 9.98 Å². The fourth-order valence-electron chi connectivity index (χ4n) is 3.95. The summed E-state index contributed by atoms with van der Waals surface area (Å²) in [6.45, 7) is 6.07. The largest absolute Gasteiger partial charge is 0.317 e. The Morgan fingerprint density at radius 1 is 0.559 bits per heavy atom. The zero-order valence-electron chi connectivity index (χ0n) is 19.3. The Hall–Kier alpha value is -3.48. The molecule has 0 saturated heterocycles. The third kappa shape index (κ3) is 4.60. The number of thiazole rings is 2. The summed E-state index contributed by atoms with van der Waals surface area (Å²) in [5.41, 5.74) is 6.70. The summed E-state index contributed by atoms with van der Waals surface area (Å²) in [6.07, 6.45) is 0. The molecule has 4 nitrogen and oxygen atoms in total. The van der Waals surface area contributed by atoms with E-state index in [1.54, 1.807) is 22.7 Å². The number of nitrogens with zero attached hydrogens (tertiary/aromatic N) is 4. The van der Waals surface area contributed by atoms with Gasteiger partial charge in [-0.1, -0.05) is 60.7 Å². The van der Waals surface area contributed by atoms with Gasteiger partial charge >= 0.3 is 0 Å². The molecule has 0 radical (unpaired) electrons. The highest BCUT2D eigenvalue weighted by molar-refractivity contribution is 7.07. The number of benzene rings is 3. The fourth-order valence-corrected chi connectivity index (χ4v) is 5.94. The third-order valence-corrected chi connectivity index (χ3v) is 7.39. The van der Waals surface area contributed by atoms with E-state index in [1.165, 1.54) is 22.5 Å². The second kappa shape index (κ2) is 10.2. The Balaban J connectivity index is 1.46. The Kier molecular flexibility index (Phi) is 6.70. The number of aromatic nitrogens is 2. The highest BCUT2D eigenvalue weighted by Gasteiger charge is 2.07. The van der Waals surface area contributed by atoms with E-state index in [9.17, 15) is 0 Å². The zero-order valence-corrected chi connectivity index (χ0v) is 20.9. The molecule has 170 valence electrons. The Morgan fingerprint density at radius 3 is 1.29 bits per heavy atom. The molecule has 2 aromatic heterocycles. The van der Waals surface area contributed by atoms with Gasteiger partial charge in [-0.3, -0.25) is 0 Å². The molecule has 0 bridgehead atoms. The lowest BCUT2D eigenvalue weighted by atomic mass is 10.2. The van der Waals surface area contributed by atoms with Crippen LogP contribution in [0.1, 0.15) is 13.8 Å². The highest BCUT2D eigenvalue weighted by Crippen LogP contribution is 2.23. The average Bonchev–Trinajstić information content (AvgIpc) is 3.49. The lowest BCUT2D eigenvalue weighted by Gasteiger charge is -2.06. The van der Waals surface area contributed by atoms with Gasteiger partial charge in [-0.25, -0.2) is 9.98 Å². The van der Waals surface area contributed by atoms with E-state index in [0.29, 0.717) is 0 Å². The molecule has 34 heavy (non-hydrogen) atoms. The molecule has 0 aliphatic rings. The number of hydrogen-bond acceptors (Lipinski definition) is 4. The van der Waals surface area contributed by atoms with Gasteiger partial charge in [0.1, 0.15) is 0 Å². The topological polar surface area (TPSA) is 34.6 Å². The van der Waals surface area contributed by atoms with Crippen LogP contribution < -0.4 is 9.60 Å². The Morgan fingerprint density at radius 2 is 0.941 bits per heavy atom. The molecule has 5 aromatic rings. The molecule has 0 aliphatic heterocycles. The first-order valence-corrected chi connectivity index (χ1v) is 13.2. The van der Waals surface area contributed by atoms with Crippen LogP contribution >= 0.6 is 22.7 Å². The molecular formula is C28H26N4S2. The lowest BCUT2D eigenvalue weighted by molar-refractivity contribution is 0.744. The highest BCUT2D eigenvalue weighted by atomic mass is 32.1. The van der Waals surface area contributed by atoms with Gasteiger partial charge in [0.25, 0.3) is 0 Å². The monoisotopic (exact) mass is 482 g/mol. The van der Waals surface area contributed by atoms with Gasteiger partial charge in [-0.15, -0.1) is 22.7 Å². The van der Waals surface area contributed by atoms with Crippen LogP contribution in [0.25, 0.3) is 22.5 Å². The van der Waals surface area contributed by atoms with Gasteiger partial charge in [-0.2, -0.15) is 0 Å². The van der Waals surface area contributed by atoms with Gasteiger partial charge in [-0.05, 0) is 49.2 Å². The van der Waals surface area contributed by atoms with Gasteiger partial charge in [0.15, 0.2) is 9.60 Å². The minimum atomic E-state index is 0.874. The van der Waals surface area contributed by atoms with Crippen molar-refractivity contribution in [3.63, 3.8) is 0 Å². The first-order chi connectivity index (χ1) is 16.8. The van der Waals surface area contributed by atoms with Crippen molar-refractivity contribution in [2.24, 2.45) is 9.98 Å². The quantitative estimate of drug-likeness (QED) is 0.244. The molecule has 6 heteroatoms. The smallest absolute Gasteiger partial charge is 0.190 e. The van der Waals surface area contributed by atoms with Crippen LogP contribution in [0, 0.1) is 0 Å². The molecule has 0 fully saturated rings. The molecule has 2 heterocycles. The number of rotatable bonds is 6. The minimum absolute atomic E-state index is 0.874. The Labute approximate surface area is 207 Å². The first-order valence-electron chi connectivity index (χ1n) is 11.4. The predicted octanol–water partition coefficient (Wildman–Crippen LogP) is 7.25. The number of hydrogen-bond donors (Lipinski definition) is 0. The summed E-state index contributed by atoms with van der Waals surface area (Å²) in [7, 11) is 0. The van der Waals surface area contributed by atoms with E-state index >= 15 is 0 Å². The third-order valence-electron chi connectivity index (χ3n) is 5.67. The molecule has 5 rings (SSSR count). The van der Waals surface area contributed by atoms with Crippen LogP contribution in [-0.2, 0) is 13.1 Å². The molecule has 3 aromatic carbocycles. The van der Waals surface area contributed by atoms with Gasteiger partial charge in [0.2, 0.25) is 0 Å². The Bertz CT molecular complexity index is 1390. The summed E-state index contributed by atoms with van der Waals surface area (Å²) in [5, 5.41) is 4.37. The van der Waals surface area contributed by atoms with Crippen LogP contribution in [0.5, 0.6) is 0 Å². The van der Waals surface area contributed by atoms with E-state index in [1.807, 2.05) is 36.4 Å².